The van der Waals surface area contributed by atoms with Crippen LogP contribution < -0.4 is 0 Å². The largest absolute Gasteiger partial charge is 0.387 e. The van der Waals surface area contributed by atoms with E-state index in [-0.39, 0.29) is 0 Å². The molecule has 1 N–H and O–H groups in total. The lowest BCUT2D eigenvalue weighted by Crippen LogP contribution is -2.24. The molecule has 2 unspecified atom stereocenters. The smallest absolute Gasteiger partial charge is 0.152 e. The standard InChI is InChI=1S/C13H15NO3S/c1-9(18(2,16)17)13(15)11-5-6-12-10(8-11)4-3-7-14-12/h3-9,13,15H,1-2H3. The summed E-state index contributed by atoms with van der Waals surface area (Å²) in [6.45, 7) is 1.51. The van der Waals surface area contributed by atoms with Crippen LogP contribution in [0.2, 0.25) is 0 Å². The van der Waals surface area contributed by atoms with Crippen LogP contribution in [0.3, 0.4) is 0 Å². The molecule has 1 aromatic heterocycles. The minimum absolute atomic E-state index is 0.591. The Morgan fingerprint density at radius 2 is 2.00 bits per heavy atom. The van der Waals surface area contributed by atoms with Gasteiger partial charge in [-0.2, -0.15) is 0 Å². The Labute approximate surface area is 106 Å². The average molecular weight is 265 g/mol. The zero-order chi connectivity index (χ0) is 13.3. The summed E-state index contributed by atoms with van der Waals surface area (Å²) in [7, 11) is -3.27. The number of sulfone groups is 1. The van der Waals surface area contributed by atoms with E-state index in [0.717, 1.165) is 17.2 Å². The Kier molecular flexibility index (Phi) is 3.36. The predicted molar refractivity (Wildman–Crippen MR) is 71.0 cm³/mol. The molecule has 0 spiro atoms. The van der Waals surface area contributed by atoms with E-state index < -0.39 is 21.2 Å². The summed E-state index contributed by atoms with van der Waals surface area (Å²) in [5.74, 6) is 0. The van der Waals surface area contributed by atoms with Gasteiger partial charge in [0.2, 0.25) is 0 Å². The number of fused-ring (bicyclic) bond motifs is 1. The molecule has 5 heteroatoms. The number of rotatable bonds is 3. The topological polar surface area (TPSA) is 67.3 Å². The lowest BCUT2D eigenvalue weighted by Gasteiger charge is -2.17. The zero-order valence-corrected chi connectivity index (χ0v) is 11.1. The number of benzene rings is 1. The van der Waals surface area contributed by atoms with Gasteiger partial charge in [-0.05, 0) is 30.7 Å². The van der Waals surface area contributed by atoms with Gasteiger partial charge in [0.1, 0.15) is 0 Å². The van der Waals surface area contributed by atoms with Crippen LogP contribution in [0, 0.1) is 0 Å². The molecule has 0 aliphatic heterocycles. The second kappa shape index (κ2) is 4.66. The van der Waals surface area contributed by atoms with Crippen LogP contribution >= 0.6 is 0 Å². The Morgan fingerprint density at radius 3 is 2.67 bits per heavy atom. The highest BCUT2D eigenvalue weighted by Crippen LogP contribution is 2.24. The second-order valence-electron chi connectivity index (χ2n) is 4.44. The van der Waals surface area contributed by atoms with Gasteiger partial charge in [0.25, 0.3) is 0 Å². The molecular formula is C13H15NO3S. The molecule has 4 nitrogen and oxygen atoms in total. The van der Waals surface area contributed by atoms with Crippen LogP contribution in [0.15, 0.2) is 36.5 Å². The van der Waals surface area contributed by atoms with Crippen LogP contribution in [0.4, 0.5) is 0 Å². The van der Waals surface area contributed by atoms with E-state index >= 15 is 0 Å². The molecule has 1 heterocycles. The van der Waals surface area contributed by atoms with Gasteiger partial charge in [-0.15, -0.1) is 0 Å². The van der Waals surface area contributed by atoms with Crippen molar-refractivity contribution in [2.75, 3.05) is 6.26 Å². The van der Waals surface area contributed by atoms with Crippen LogP contribution in [-0.4, -0.2) is 30.0 Å². The lowest BCUT2D eigenvalue weighted by molar-refractivity contribution is 0.176. The summed E-state index contributed by atoms with van der Waals surface area (Å²) in [5, 5.41) is 10.1. The van der Waals surface area contributed by atoms with Crippen LogP contribution in [0.25, 0.3) is 10.9 Å². The number of hydrogen-bond donors (Lipinski definition) is 1. The third-order valence-electron chi connectivity index (χ3n) is 3.09. The van der Waals surface area contributed by atoms with E-state index in [9.17, 15) is 13.5 Å². The van der Waals surface area contributed by atoms with Crippen molar-refractivity contribution in [3.63, 3.8) is 0 Å². The number of aromatic nitrogens is 1. The number of nitrogens with zero attached hydrogens (tertiary/aromatic N) is 1. The third-order valence-corrected chi connectivity index (χ3v) is 4.70. The predicted octanol–water partition coefficient (Wildman–Crippen LogP) is 1.70. The maximum absolute atomic E-state index is 11.4. The molecule has 18 heavy (non-hydrogen) atoms. The van der Waals surface area contributed by atoms with Crippen LogP contribution in [0.1, 0.15) is 18.6 Å². The third kappa shape index (κ3) is 2.52. The van der Waals surface area contributed by atoms with Crippen molar-refractivity contribution < 1.29 is 13.5 Å². The van der Waals surface area contributed by atoms with Gasteiger partial charge in [0.15, 0.2) is 9.84 Å². The van der Waals surface area contributed by atoms with Gasteiger partial charge in [-0.3, -0.25) is 4.98 Å². The molecule has 2 atom stereocenters. The van der Waals surface area contributed by atoms with Crippen molar-refractivity contribution >= 4 is 20.7 Å². The van der Waals surface area contributed by atoms with Gasteiger partial charge >= 0.3 is 0 Å². The molecule has 0 saturated heterocycles. The quantitative estimate of drug-likeness (QED) is 0.917. The normalized spacial score (nSPS) is 15.5. The highest BCUT2D eigenvalue weighted by atomic mass is 32.2. The molecule has 2 aromatic rings. The van der Waals surface area contributed by atoms with Crippen molar-refractivity contribution in [2.45, 2.75) is 18.3 Å². The molecular weight excluding hydrogens is 250 g/mol. The average Bonchev–Trinajstić information content (AvgIpc) is 2.35. The van der Waals surface area contributed by atoms with E-state index in [1.807, 2.05) is 6.07 Å². The minimum Gasteiger partial charge on any atom is -0.387 e. The molecule has 2 rings (SSSR count). The number of pyridine rings is 1. The van der Waals surface area contributed by atoms with Crippen LogP contribution in [-0.2, 0) is 9.84 Å². The van der Waals surface area contributed by atoms with Gasteiger partial charge in [-0.25, -0.2) is 8.42 Å². The lowest BCUT2D eigenvalue weighted by atomic mass is 10.0. The molecule has 0 amide bonds. The Hall–Kier alpha value is -1.46. The van der Waals surface area contributed by atoms with E-state index in [0.29, 0.717) is 5.56 Å². The fourth-order valence-corrected chi connectivity index (χ4v) is 2.41. The Balaban J connectivity index is 2.42. The number of aliphatic hydroxyl groups excluding tert-OH is 1. The SMILES string of the molecule is CC(C(O)c1ccc2ncccc2c1)S(C)(=O)=O. The number of hydrogen-bond acceptors (Lipinski definition) is 4. The molecule has 96 valence electrons. The van der Waals surface area contributed by atoms with Crippen LogP contribution in [0.5, 0.6) is 0 Å². The van der Waals surface area contributed by atoms with E-state index in [1.165, 1.54) is 6.92 Å². The molecule has 1 aromatic carbocycles. The maximum atomic E-state index is 11.4. The Morgan fingerprint density at radius 1 is 1.28 bits per heavy atom. The number of aliphatic hydroxyl groups is 1. The molecule has 0 fully saturated rings. The summed E-state index contributed by atoms with van der Waals surface area (Å²) in [4.78, 5) is 4.18. The fourth-order valence-electron chi connectivity index (χ4n) is 1.78. The summed E-state index contributed by atoms with van der Waals surface area (Å²) < 4.78 is 22.9. The van der Waals surface area contributed by atoms with Crippen molar-refractivity contribution in [3.8, 4) is 0 Å². The highest BCUT2D eigenvalue weighted by Gasteiger charge is 2.25. The summed E-state index contributed by atoms with van der Waals surface area (Å²) >= 11 is 0. The maximum Gasteiger partial charge on any atom is 0.152 e. The molecule has 0 radical (unpaired) electrons. The fraction of sp³-hybridized carbons (Fsp3) is 0.308. The first kappa shape index (κ1) is 13.0. The second-order valence-corrected chi connectivity index (χ2v) is 6.84. The molecule has 0 aliphatic carbocycles. The van der Waals surface area contributed by atoms with Gasteiger partial charge in [-0.1, -0.05) is 12.1 Å². The first-order valence-electron chi connectivity index (χ1n) is 5.61. The summed E-state index contributed by atoms with van der Waals surface area (Å²) in [6, 6.07) is 8.95. The van der Waals surface area contributed by atoms with Crippen molar-refractivity contribution in [2.24, 2.45) is 0 Å². The van der Waals surface area contributed by atoms with Crippen molar-refractivity contribution in [1.29, 1.82) is 0 Å². The zero-order valence-electron chi connectivity index (χ0n) is 10.2. The van der Waals surface area contributed by atoms with E-state index in [4.69, 9.17) is 0 Å². The first-order valence-corrected chi connectivity index (χ1v) is 7.56. The Bertz CT molecular complexity index is 667. The monoisotopic (exact) mass is 265 g/mol. The van der Waals surface area contributed by atoms with E-state index in [1.54, 1.807) is 30.5 Å². The minimum atomic E-state index is -3.27. The molecule has 0 bridgehead atoms. The van der Waals surface area contributed by atoms with Crippen molar-refractivity contribution in [1.82, 2.24) is 4.98 Å². The molecule has 0 saturated carbocycles. The van der Waals surface area contributed by atoms with Gasteiger partial charge in [0, 0.05) is 17.8 Å². The summed E-state index contributed by atoms with van der Waals surface area (Å²) in [6.07, 6.45) is 1.80. The van der Waals surface area contributed by atoms with Gasteiger partial charge in [0.05, 0.1) is 16.9 Å². The van der Waals surface area contributed by atoms with Crippen molar-refractivity contribution in [3.05, 3.63) is 42.1 Å². The van der Waals surface area contributed by atoms with Gasteiger partial charge < -0.3 is 5.11 Å². The van der Waals surface area contributed by atoms with E-state index in [2.05, 4.69) is 4.98 Å². The summed E-state index contributed by atoms with van der Waals surface area (Å²) in [5.41, 5.74) is 1.41. The first-order chi connectivity index (χ1) is 8.39. The highest BCUT2D eigenvalue weighted by molar-refractivity contribution is 7.91. The molecule has 0 aliphatic rings.